The fourth-order valence-electron chi connectivity index (χ4n) is 2.85. The van der Waals surface area contributed by atoms with Crippen molar-refractivity contribution < 1.29 is 24.0 Å². The van der Waals surface area contributed by atoms with E-state index in [0.29, 0.717) is 12.2 Å². The van der Waals surface area contributed by atoms with Crippen LogP contribution in [-0.4, -0.2) is 23.5 Å². The highest BCUT2D eigenvalue weighted by atomic mass is 16.6. The summed E-state index contributed by atoms with van der Waals surface area (Å²) in [5, 5.41) is 10.6. The highest BCUT2D eigenvalue weighted by Gasteiger charge is 2.13. The van der Waals surface area contributed by atoms with E-state index in [1.807, 2.05) is 0 Å². The third-order valence-electron chi connectivity index (χ3n) is 4.60. The molecule has 2 rings (SSSR count). The minimum Gasteiger partial charge on any atom is -0.462 e. The summed E-state index contributed by atoms with van der Waals surface area (Å²) < 4.78 is 10.5. The Morgan fingerprint density at radius 2 is 1.33 bits per heavy atom. The van der Waals surface area contributed by atoms with Gasteiger partial charge in [0.2, 0.25) is 0 Å². The first-order valence-electron chi connectivity index (χ1n) is 10.2. The van der Waals surface area contributed by atoms with Gasteiger partial charge in [0.1, 0.15) is 5.75 Å². The number of ether oxygens (including phenoxy) is 2. The molecule has 7 nitrogen and oxygen atoms in total. The van der Waals surface area contributed by atoms with Crippen LogP contribution in [0.5, 0.6) is 5.75 Å². The first-order valence-corrected chi connectivity index (χ1v) is 10.2. The standard InChI is InChI=1S/C23H27NO6/c1-2-3-4-5-6-7-8-17-29-22(25)18-9-11-19(12-10-18)23(26)30-21-15-13-20(14-16-21)24(27)28/h9-16H,2-8,17H2,1H3. The number of non-ortho nitro benzene ring substituents is 1. The molecule has 0 fully saturated rings. The number of nitro benzene ring substituents is 1. The van der Waals surface area contributed by atoms with Crippen molar-refractivity contribution in [2.24, 2.45) is 0 Å². The smallest absolute Gasteiger partial charge is 0.343 e. The van der Waals surface area contributed by atoms with Crippen LogP contribution in [0.2, 0.25) is 0 Å². The van der Waals surface area contributed by atoms with E-state index in [1.54, 1.807) is 0 Å². The van der Waals surface area contributed by atoms with Crippen LogP contribution in [0.15, 0.2) is 48.5 Å². The number of esters is 2. The summed E-state index contributed by atoms with van der Waals surface area (Å²) in [4.78, 5) is 34.4. The predicted molar refractivity (Wildman–Crippen MR) is 113 cm³/mol. The van der Waals surface area contributed by atoms with Crippen LogP contribution in [0.4, 0.5) is 5.69 Å². The van der Waals surface area contributed by atoms with Crippen LogP contribution in [-0.2, 0) is 4.74 Å². The number of nitro groups is 1. The largest absolute Gasteiger partial charge is 0.462 e. The first kappa shape index (κ1) is 23.1. The van der Waals surface area contributed by atoms with E-state index < -0.39 is 16.9 Å². The molecule has 160 valence electrons. The van der Waals surface area contributed by atoms with Gasteiger partial charge in [-0.3, -0.25) is 10.1 Å². The minimum absolute atomic E-state index is 0.0887. The predicted octanol–water partition coefficient (Wildman–Crippen LogP) is 5.72. The molecule has 0 heterocycles. The van der Waals surface area contributed by atoms with E-state index >= 15 is 0 Å². The zero-order valence-corrected chi connectivity index (χ0v) is 17.2. The normalized spacial score (nSPS) is 10.4. The highest BCUT2D eigenvalue weighted by Crippen LogP contribution is 2.19. The van der Waals surface area contributed by atoms with Gasteiger partial charge in [0.05, 0.1) is 22.7 Å². The van der Waals surface area contributed by atoms with Gasteiger partial charge < -0.3 is 9.47 Å². The topological polar surface area (TPSA) is 95.7 Å². The Bertz CT molecular complexity index is 830. The van der Waals surface area contributed by atoms with Crippen molar-refractivity contribution in [3.8, 4) is 5.75 Å². The van der Waals surface area contributed by atoms with Crippen molar-refractivity contribution in [2.75, 3.05) is 6.61 Å². The van der Waals surface area contributed by atoms with E-state index in [4.69, 9.17) is 9.47 Å². The average Bonchev–Trinajstić information content (AvgIpc) is 2.76. The van der Waals surface area contributed by atoms with Crippen LogP contribution < -0.4 is 4.74 Å². The average molecular weight is 413 g/mol. The Kier molecular flexibility index (Phi) is 9.51. The van der Waals surface area contributed by atoms with Crippen molar-refractivity contribution >= 4 is 17.6 Å². The van der Waals surface area contributed by atoms with Gasteiger partial charge in [-0.25, -0.2) is 9.59 Å². The zero-order valence-electron chi connectivity index (χ0n) is 17.2. The highest BCUT2D eigenvalue weighted by molar-refractivity contribution is 5.94. The first-order chi connectivity index (χ1) is 14.5. The number of carbonyl (C=O) groups excluding carboxylic acids is 2. The van der Waals surface area contributed by atoms with Crippen molar-refractivity contribution in [1.82, 2.24) is 0 Å². The van der Waals surface area contributed by atoms with E-state index in [-0.39, 0.29) is 17.0 Å². The molecule has 7 heteroatoms. The Labute approximate surface area is 176 Å². The zero-order chi connectivity index (χ0) is 21.8. The lowest BCUT2D eigenvalue weighted by Crippen LogP contribution is -2.10. The lowest BCUT2D eigenvalue weighted by Gasteiger charge is -2.07. The molecule has 0 atom stereocenters. The summed E-state index contributed by atoms with van der Waals surface area (Å²) in [7, 11) is 0. The Morgan fingerprint density at radius 1 is 0.800 bits per heavy atom. The molecule has 0 bridgehead atoms. The number of unbranched alkanes of at least 4 members (excludes halogenated alkanes) is 6. The molecule has 0 aliphatic heterocycles. The van der Waals surface area contributed by atoms with Crippen LogP contribution >= 0.6 is 0 Å². The number of carbonyl (C=O) groups is 2. The van der Waals surface area contributed by atoms with Crippen molar-refractivity contribution in [3.05, 3.63) is 69.8 Å². The van der Waals surface area contributed by atoms with Crippen molar-refractivity contribution in [3.63, 3.8) is 0 Å². The van der Waals surface area contributed by atoms with Crippen molar-refractivity contribution in [2.45, 2.75) is 51.9 Å². The van der Waals surface area contributed by atoms with Gasteiger partial charge in [0.25, 0.3) is 5.69 Å². The molecular weight excluding hydrogens is 386 g/mol. The second kappa shape index (κ2) is 12.4. The Balaban J connectivity index is 1.76. The maximum atomic E-state index is 12.2. The summed E-state index contributed by atoms with van der Waals surface area (Å²) in [5.41, 5.74) is 0.538. The van der Waals surface area contributed by atoms with Crippen LogP contribution in [0.25, 0.3) is 0 Å². The Hall–Kier alpha value is -3.22. The van der Waals surface area contributed by atoms with Gasteiger partial charge in [-0.2, -0.15) is 0 Å². The number of benzene rings is 2. The van der Waals surface area contributed by atoms with Gasteiger partial charge in [-0.15, -0.1) is 0 Å². The summed E-state index contributed by atoms with van der Waals surface area (Å²) in [6, 6.07) is 11.2. The molecule has 30 heavy (non-hydrogen) atoms. The van der Waals surface area contributed by atoms with E-state index in [9.17, 15) is 19.7 Å². The molecule has 0 N–H and O–H groups in total. The van der Waals surface area contributed by atoms with Gasteiger partial charge in [-0.05, 0) is 42.8 Å². The van der Waals surface area contributed by atoms with Crippen molar-refractivity contribution in [1.29, 1.82) is 0 Å². The summed E-state index contributed by atoms with van der Waals surface area (Å²) in [6.45, 7) is 2.57. The second-order valence-electron chi connectivity index (χ2n) is 6.98. The molecule has 0 unspecified atom stereocenters. The van der Waals surface area contributed by atoms with E-state index in [0.717, 1.165) is 19.3 Å². The van der Waals surface area contributed by atoms with Gasteiger partial charge in [-0.1, -0.05) is 45.4 Å². The fourth-order valence-corrected chi connectivity index (χ4v) is 2.85. The van der Waals surface area contributed by atoms with E-state index in [1.165, 1.54) is 74.2 Å². The van der Waals surface area contributed by atoms with Gasteiger partial charge in [0.15, 0.2) is 0 Å². The lowest BCUT2D eigenvalue weighted by molar-refractivity contribution is -0.384. The fraction of sp³-hybridized carbons (Fsp3) is 0.391. The lowest BCUT2D eigenvalue weighted by atomic mass is 10.1. The number of hydrogen-bond acceptors (Lipinski definition) is 6. The minimum atomic E-state index is -0.619. The summed E-state index contributed by atoms with van der Waals surface area (Å²) in [6.07, 6.45) is 8.02. The third-order valence-corrected chi connectivity index (χ3v) is 4.60. The monoisotopic (exact) mass is 413 g/mol. The van der Waals surface area contributed by atoms with E-state index in [2.05, 4.69) is 6.92 Å². The molecule has 0 spiro atoms. The number of hydrogen-bond donors (Lipinski definition) is 0. The molecule has 0 saturated heterocycles. The number of rotatable bonds is 12. The summed E-state index contributed by atoms with van der Waals surface area (Å²) >= 11 is 0. The maximum Gasteiger partial charge on any atom is 0.343 e. The molecular formula is C23H27NO6. The molecule has 0 aliphatic carbocycles. The van der Waals surface area contributed by atoms with Gasteiger partial charge in [0, 0.05) is 12.1 Å². The molecule has 0 aliphatic rings. The number of nitrogens with zero attached hydrogens (tertiary/aromatic N) is 1. The second-order valence-corrected chi connectivity index (χ2v) is 6.98. The Morgan fingerprint density at radius 3 is 1.90 bits per heavy atom. The molecule has 0 radical (unpaired) electrons. The molecule has 0 aromatic heterocycles. The molecule has 0 saturated carbocycles. The SMILES string of the molecule is CCCCCCCCCOC(=O)c1ccc(C(=O)Oc2ccc([N+](=O)[O-])cc2)cc1. The molecule has 2 aromatic rings. The summed E-state index contributed by atoms with van der Waals surface area (Å²) in [5.74, 6) is -0.841. The maximum absolute atomic E-state index is 12.2. The van der Waals surface area contributed by atoms with Crippen LogP contribution in [0.1, 0.15) is 72.6 Å². The quantitative estimate of drug-likeness (QED) is 0.145. The van der Waals surface area contributed by atoms with Crippen LogP contribution in [0, 0.1) is 10.1 Å². The third kappa shape index (κ3) is 7.66. The molecule has 0 amide bonds. The molecule has 2 aromatic carbocycles. The van der Waals surface area contributed by atoms with Gasteiger partial charge >= 0.3 is 11.9 Å². The van der Waals surface area contributed by atoms with Crippen LogP contribution in [0.3, 0.4) is 0 Å².